The van der Waals surface area contributed by atoms with E-state index >= 15 is 0 Å². The van der Waals surface area contributed by atoms with Crippen LogP contribution in [0.1, 0.15) is 12.5 Å². The van der Waals surface area contributed by atoms with Gasteiger partial charge in [-0.15, -0.1) is 0 Å². The Kier molecular flexibility index (Phi) is 5.58. The van der Waals surface area contributed by atoms with Gasteiger partial charge in [0.05, 0.1) is 24.3 Å². The van der Waals surface area contributed by atoms with Crippen LogP contribution in [-0.4, -0.2) is 23.9 Å². The fourth-order valence-corrected chi connectivity index (χ4v) is 3.84. The standard InChI is InChI=1S/C19H16FNO3S2/c1-3-24-17-12(6-4-9-15(17)23-2)10-16-18(22)21(19(25)26-16)14-8-5-7-13(20)11-14/h4-11H,3H2,1-2H3/b16-10-. The molecule has 7 heteroatoms. The summed E-state index contributed by atoms with van der Waals surface area (Å²) in [6.45, 7) is 2.34. The highest BCUT2D eigenvalue weighted by Gasteiger charge is 2.33. The van der Waals surface area contributed by atoms with E-state index in [4.69, 9.17) is 21.7 Å². The number of halogens is 1. The van der Waals surface area contributed by atoms with Crippen LogP contribution >= 0.6 is 24.0 Å². The average Bonchev–Trinajstić information content (AvgIpc) is 2.90. The van der Waals surface area contributed by atoms with Crippen LogP contribution in [0, 0.1) is 5.82 Å². The van der Waals surface area contributed by atoms with Crippen molar-refractivity contribution in [1.29, 1.82) is 0 Å². The maximum Gasteiger partial charge on any atom is 0.270 e. The molecule has 134 valence electrons. The first-order chi connectivity index (χ1) is 12.5. The fraction of sp³-hybridized carbons (Fsp3) is 0.158. The monoisotopic (exact) mass is 389 g/mol. The predicted octanol–water partition coefficient (Wildman–Crippen LogP) is 4.64. The second-order valence-electron chi connectivity index (χ2n) is 5.31. The molecule has 4 nitrogen and oxygen atoms in total. The molecule has 0 atom stereocenters. The Bertz CT molecular complexity index is 898. The van der Waals surface area contributed by atoms with Crippen LogP contribution in [-0.2, 0) is 4.79 Å². The van der Waals surface area contributed by atoms with E-state index in [-0.39, 0.29) is 5.91 Å². The molecule has 3 rings (SSSR count). The molecule has 1 saturated heterocycles. The number of nitrogens with zero attached hydrogens (tertiary/aromatic N) is 1. The number of thiocarbonyl (C=S) groups is 1. The summed E-state index contributed by atoms with van der Waals surface area (Å²) in [6.07, 6.45) is 1.71. The third-order valence-corrected chi connectivity index (χ3v) is 4.97. The quantitative estimate of drug-likeness (QED) is 0.550. The third kappa shape index (κ3) is 3.59. The highest BCUT2D eigenvalue weighted by atomic mass is 32.2. The van der Waals surface area contributed by atoms with Gasteiger partial charge in [0, 0.05) is 5.56 Å². The van der Waals surface area contributed by atoms with E-state index in [0.29, 0.717) is 38.6 Å². The number of rotatable bonds is 5. The highest BCUT2D eigenvalue weighted by Crippen LogP contribution is 2.39. The van der Waals surface area contributed by atoms with Crippen molar-refractivity contribution in [2.75, 3.05) is 18.6 Å². The maximum absolute atomic E-state index is 13.5. The molecular formula is C19H16FNO3S2. The van der Waals surface area contributed by atoms with Crippen molar-refractivity contribution >= 4 is 46.0 Å². The van der Waals surface area contributed by atoms with Gasteiger partial charge in [-0.3, -0.25) is 9.69 Å². The van der Waals surface area contributed by atoms with E-state index < -0.39 is 5.82 Å². The Labute approximate surface area is 160 Å². The molecule has 2 aromatic rings. The zero-order chi connectivity index (χ0) is 18.7. The summed E-state index contributed by atoms with van der Waals surface area (Å²) in [5.74, 6) is 0.428. The highest BCUT2D eigenvalue weighted by molar-refractivity contribution is 8.27. The van der Waals surface area contributed by atoms with Crippen molar-refractivity contribution in [3.05, 3.63) is 58.8 Å². The molecule has 1 heterocycles. The van der Waals surface area contributed by atoms with Gasteiger partial charge in [-0.25, -0.2) is 4.39 Å². The summed E-state index contributed by atoms with van der Waals surface area (Å²) in [6, 6.07) is 11.2. The van der Waals surface area contributed by atoms with Gasteiger partial charge in [-0.05, 0) is 37.3 Å². The van der Waals surface area contributed by atoms with Crippen LogP contribution in [0.2, 0.25) is 0 Å². The summed E-state index contributed by atoms with van der Waals surface area (Å²) in [4.78, 5) is 14.6. The zero-order valence-corrected chi connectivity index (χ0v) is 15.8. The number of methoxy groups -OCH3 is 1. The van der Waals surface area contributed by atoms with Crippen LogP contribution in [0.25, 0.3) is 6.08 Å². The van der Waals surface area contributed by atoms with E-state index in [2.05, 4.69) is 0 Å². The average molecular weight is 389 g/mol. The first kappa shape index (κ1) is 18.4. The smallest absolute Gasteiger partial charge is 0.270 e. The Morgan fingerprint density at radius 1 is 1.27 bits per heavy atom. The van der Waals surface area contributed by atoms with E-state index in [1.807, 2.05) is 19.1 Å². The van der Waals surface area contributed by atoms with Gasteiger partial charge in [-0.2, -0.15) is 0 Å². The van der Waals surface area contributed by atoms with Crippen molar-refractivity contribution in [3.8, 4) is 11.5 Å². The number of hydrogen-bond donors (Lipinski definition) is 0. The number of carbonyl (C=O) groups excluding carboxylic acids is 1. The van der Waals surface area contributed by atoms with Gasteiger partial charge < -0.3 is 9.47 Å². The molecule has 0 bridgehead atoms. The molecule has 0 saturated carbocycles. The Morgan fingerprint density at radius 2 is 2.04 bits per heavy atom. The summed E-state index contributed by atoms with van der Waals surface area (Å²) in [5.41, 5.74) is 1.12. The first-order valence-electron chi connectivity index (χ1n) is 7.88. The number of ether oxygens (including phenoxy) is 2. The molecule has 2 aromatic carbocycles. The topological polar surface area (TPSA) is 38.8 Å². The number of thioether (sulfide) groups is 1. The molecule has 0 unspecified atom stereocenters. The van der Waals surface area contributed by atoms with Crippen LogP contribution in [0.3, 0.4) is 0 Å². The van der Waals surface area contributed by atoms with Crippen molar-refractivity contribution in [2.24, 2.45) is 0 Å². The van der Waals surface area contributed by atoms with Crippen LogP contribution in [0.5, 0.6) is 11.5 Å². The Morgan fingerprint density at radius 3 is 2.73 bits per heavy atom. The van der Waals surface area contributed by atoms with Gasteiger partial charge in [-0.1, -0.05) is 42.2 Å². The van der Waals surface area contributed by atoms with Crippen LogP contribution in [0.15, 0.2) is 47.4 Å². The van der Waals surface area contributed by atoms with Gasteiger partial charge in [0.25, 0.3) is 5.91 Å². The minimum absolute atomic E-state index is 0.295. The van der Waals surface area contributed by atoms with Crippen LogP contribution < -0.4 is 14.4 Å². The SMILES string of the molecule is CCOc1c(/C=C2\SC(=S)N(c3cccc(F)c3)C2=O)cccc1OC. The first-order valence-corrected chi connectivity index (χ1v) is 9.11. The van der Waals surface area contributed by atoms with E-state index in [1.54, 1.807) is 31.4 Å². The second kappa shape index (κ2) is 7.88. The molecule has 0 spiro atoms. The fourth-order valence-electron chi connectivity index (χ4n) is 2.55. The number of para-hydroxylation sites is 1. The Balaban J connectivity index is 1.99. The predicted molar refractivity (Wildman–Crippen MR) is 106 cm³/mol. The van der Waals surface area contributed by atoms with E-state index in [0.717, 1.165) is 0 Å². The summed E-state index contributed by atoms with van der Waals surface area (Å²) >= 11 is 6.49. The molecule has 0 aliphatic carbocycles. The van der Waals surface area contributed by atoms with E-state index in [9.17, 15) is 9.18 Å². The lowest BCUT2D eigenvalue weighted by atomic mass is 10.1. The molecule has 1 aliphatic rings. The van der Waals surface area contributed by atoms with Crippen molar-refractivity contribution in [2.45, 2.75) is 6.92 Å². The lowest BCUT2D eigenvalue weighted by Crippen LogP contribution is -2.27. The van der Waals surface area contributed by atoms with Crippen molar-refractivity contribution < 1.29 is 18.7 Å². The lowest BCUT2D eigenvalue weighted by Gasteiger charge is -2.14. The second-order valence-corrected chi connectivity index (χ2v) is 6.98. The Hall–Kier alpha value is -2.38. The summed E-state index contributed by atoms with van der Waals surface area (Å²) in [7, 11) is 1.56. The minimum Gasteiger partial charge on any atom is -0.493 e. The molecule has 0 aromatic heterocycles. The largest absolute Gasteiger partial charge is 0.493 e. The van der Waals surface area contributed by atoms with Crippen LogP contribution in [0.4, 0.5) is 10.1 Å². The summed E-state index contributed by atoms with van der Waals surface area (Å²) < 4.78 is 24.9. The third-order valence-electron chi connectivity index (χ3n) is 3.66. The molecular weight excluding hydrogens is 373 g/mol. The number of hydrogen-bond acceptors (Lipinski definition) is 5. The number of carbonyl (C=O) groups is 1. The van der Waals surface area contributed by atoms with Gasteiger partial charge in [0.1, 0.15) is 5.82 Å². The molecule has 26 heavy (non-hydrogen) atoms. The molecule has 1 aliphatic heterocycles. The number of anilines is 1. The van der Waals surface area contributed by atoms with Gasteiger partial charge >= 0.3 is 0 Å². The number of amides is 1. The normalized spacial score (nSPS) is 15.7. The lowest BCUT2D eigenvalue weighted by molar-refractivity contribution is -0.113. The van der Waals surface area contributed by atoms with Crippen molar-refractivity contribution in [3.63, 3.8) is 0 Å². The van der Waals surface area contributed by atoms with E-state index in [1.165, 1.54) is 28.8 Å². The van der Waals surface area contributed by atoms with Crippen molar-refractivity contribution in [1.82, 2.24) is 0 Å². The maximum atomic E-state index is 13.5. The minimum atomic E-state index is -0.424. The van der Waals surface area contributed by atoms with Gasteiger partial charge in [0.2, 0.25) is 0 Å². The summed E-state index contributed by atoms with van der Waals surface area (Å²) in [5, 5.41) is 0. The molecule has 1 amide bonds. The zero-order valence-electron chi connectivity index (χ0n) is 14.2. The molecule has 0 N–H and O–H groups in total. The molecule has 1 fully saturated rings. The molecule has 0 radical (unpaired) electrons. The number of benzene rings is 2. The van der Waals surface area contributed by atoms with Gasteiger partial charge in [0.15, 0.2) is 15.8 Å².